The lowest BCUT2D eigenvalue weighted by atomic mass is 9.90. The fourth-order valence-electron chi connectivity index (χ4n) is 2.23. The smallest absolute Gasteiger partial charge is 0.128 e. The largest absolute Gasteiger partial charge is 0.488 e. The van der Waals surface area contributed by atoms with Crippen molar-refractivity contribution in [3.63, 3.8) is 0 Å². The minimum absolute atomic E-state index is 0.0318. The molecule has 0 aromatic heterocycles. The summed E-state index contributed by atoms with van der Waals surface area (Å²) < 4.78 is 11.8. The van der Waals surface area contributed by atoms with Gasteiger partial charge in [0, 0.05) is 13.0 Å². The quantitative estimate of drug-likeness (QED) is 0.722. The van der Waals surface area contributed by atoms with E-state index in [2.05, 4.69) is 32.9 Å². The van der Waals surface area contributed by atoms with Crippen molar-refractivity contribution < 1.29 is 9.47 Å². The lowest BCUT2D eigenvalue weighted by Gasteiger charge is -2.40. The number of hydrogen-bond donors (Lipinski definition) is 0. The van der Waals surface area contributed by atoms with Crippen LogP contribution in [0.3, 0.4) is 0 Å². The van der Waals surface area contributed by atoms with Gasteiger partial charge in [-0.15, -0.1) is 11.6 Å². The molecular formula is C16H23ClO2. The van der Waals surface area contributed by atoms with Gasteiger partial charge >= 0.3 is 0 Å². The Hall–Kier alpha value is -0.730. The van der Waals surface area contributed by atoms with Crippen molar-refractivity contribution in [1.29, 1.82) is 0 Å². The third-order valence-corrected chi connectivity index (χ3v) is 3.93. The minimum atomic E-state index is 0.0318. The molecule has 106 valence electrons. The van der Waals surface area contributed by atoms with Gasteiger partial charge in [-0.2, -0.15) is 0 Å². The van der Waals surface area contributed by atoms with Gasteiger partial charge < -0.3 is 9.47 Å². The summed E-state index contributed by atoms with van der Waals surface area (Å²) in [4.78, 5) is 0. The van der Waals surface area contributed by atoms with E-state index in [-0.39, 0.29) is 17.6 Å². The van der Waals surface area contributed by atoms with Crippen molar-refractivity contribution in [3.8, 4) is 5.75 Å². The predicted octanol–water partition coefficient (Wildman–Crippen LogP) is 4.36. The first-order chi connectivity index (χ1) is 9.11. The first kappa shape index (κ1) is 14.7. The van der Waals surface area contributed by atoms with Crippen LogP contribution in [-0.4, -0.2) is 24.2 Å². The Morgan fingerprint density at radius 1 is 1.37 bits per heavy atom. The molecule has 1 saturated carbocycles. The highest BCUT2D eigenvalue weighted by Crippen LogP contribution is 2.33. The molecular weight excluding hydrogens is 260 g/mol. The third-order valence-electron chi connectivity index (χ3n) is 3.51. The van der Waals surface area contributed by atoms with Gasteiger partial charge in [0.05, 0.1) is 5.38 Å². The average molecular weight is 283 g/mol. The van der Waals surface area contributed by atoms with E-state index in [4.69, 9.17) is 21.1 Å². The highest BCUT2D eigenvalue weighted by molar-refractivity contribution is 6.21. The summed E-state index contributed by atoms with van der Waals surface area (Å²) in [6, 6.07) is 8.30. The molecule has 1 fully saturated rings. The molecule has 0 bridgehead atoms. The molecule has 1 aliphatic carbocycles. The fourth-order valence-corrected chi connectivity index (χ4v) is 2.64. The molecule has 3 atom stereocenters. The second-order valence-corrected chi connectivity index (χ2v) is 6.03. The maximum atomic E-state index is 6.19. The van der Waals surface area contributed by atoms with Crippen LogP contribution in [0.15, 0.2) is 24.3 Å². The van der Waals surface area contributed by atoms with Gasteiger partial charge in [-0.25, -0.2) is 0 Å². The van der Waals surface area contributed by atoms with E-state index in [1.54, 1.807) is 0 Å². The van der Waals surface area contributed by atoms with Crippen LogP contribution in [-0.2, 0) is 4.74 Å². The summed E-state index contributed by atoms with van der Waals surface area (Å²) >= 11 is 6.19. The van der Waals surface area contributed by atoms with Crippen LogP contribution >= 0.6 is 11.6 Å². The summed E-state index contributed by atoms with van der Waals surface area (Å²) in [5.74, 6) is 1.43. The third kappa shape index (κ3) is 3.64. The Morgan fingerprint density at radius 3 is 2.79 bits per heavy atom. The van der Waals surface area contributed by atoms with Gasteiger partial charge in [-0.05, 0) is 30.0 Å². The van der Waals surface area contributed by atoms with Crippen LogP contribution in [0.4, 0.5) is 0 Å². The van der Waals surface area contributed by atoms with Crippen LogP contribution in [0.2, 0.25) is 0 Å². The van der Waals surface area contributed by atoms with E-state index in [1.807, 2.05) is 12.1 Å². The Bertz CT molecular complexity index is 405. The van der Waals surface area contributed by atoms with E-state index in [9.17, 15) is 0 Å². The first-order valence-electron chi connectivity index (χ1n) is 7.14. The van der Waals surface area contributed by atoms with E-state index in [0.717, 1.165) is 25.2 Å². The molecule has 0 amide bonds. The SMILES string of the molecule is CCCOC1C(Cl)CC1Oc1cccc(C(C)C)c1. The molecule has 0 saturated heterocycles. The molecule has 0 aliphatic heterocycles. The molecule has 1 aliphatic rings. The van der Waals surface area contributed by atoms with Crippen LogP contribution in [0.25, 0.3) is 0 Å². The predicted molar refractivity (Wildman–Crippen MR) is 79.2 cm³/mol. The first-order valence-corrected chi connectivity index (χ1v) is 7.57. The zero-order valence-corrected chi connectivity index (χ0v) is 12.7. The summed E-state index contributed by atoms with van der Waals surface area (Å²) in [5, 5.41) is 0.0878. The molecule has 1 aromatic carbocycles. The summed E-state index contributed by atoms with van der Waals surface area (Å²) in [6.07, 6.45) is 2.00. The zero-order valence-electron chi connectivity index (χ0n) is 11.9. The minimum Gasteiger partial charge on any atom is -0.488 e. The Labute approximate surface area is 121 Å². The Kier molecular flexibility index (Phi) is 5.12. The number of ether oxygens (including phenoxy) is 2. The number of rotatable bonds is 6. The number of halogens is 1. The van der Waals surface area contributed by atoms with Gasteiger partial charge in [0.2, 0.25) is 0 Å². The van der Waals surface area contributed by atoms with Gasteiger partial charge in [-0.1, -0.05) is 32.9 Å². The van der Waals surface area contributed by atoms with Crippen molar-refractivity contribution in [3.05, 3.63) is 29.8 Å². The van der Waals surface area contributed by atoms with Crippen molar-refractivity contribution in [2.75, 3.05) is 6.61 Å². The maximum Gasteiger partial charge on any atom is 0.128 e. The molecule has 1 aromatic rings. The van der Waals surface area contributed by atoms with E-state index >= 15 is 0 Å². The van der Waals surface area contributed by atoms with Crippen LogP contribution in [0, 0.1) is 0 Å². The Balaban J connectivity index is 1.95. The fraction of sp³-hybridized carbons (Fsp3) is 0.625. The van der Waals surface area contributed by atoms with Gasteiger partial charge in [-0.3, -0.25) is 0 Å². The molecule has 0 spiro atoms. The monoisotopic (exact) mass is 282 g/mol. The van der Waals surface area contributed by atoms with Crippen molar-refractivity contribution in [1.82, 2.24) is 0 Å². The van der Waals surface area contributed by atoms with Gasteiger partial charge in [0.25, 0.3) is 0 Å². The molecule has 2 rings (SSSR count). The van der Waals surface area contributed by atoms with E-state index in [0.29, 0.717) is 5.92 Å². The van der Waals surface area contributed by atoms with Crippen molar-refractivity contribution in [2.24, 2.45) is 0 Å². The second-order valence-electron chi connectivity index (χ2n) is 5.47. The molecule has 0 heterocycles. The highest BCUT2D eigenvalue weighted by atomic mass is 35.5. The van der Waals surface area contributed by atoms with Crippen molar-refractivity contribution >= 4 is 11.6 Å². The maximum absolute atomic E-state index is 6.19. The Morgan fingerprint density at radius 2 is 2.16 bits per heavy atom. The van der Waals surface area contributed by atoms with Crippen LogP contribution in [0.5, 0.6) is 5.75 Å². The van der Waals surface area contributed by atoms with Gasteiger partial charge in [0.1, 0.15) is 18.0 Å². The highest BCUT2D eigenvalue weighted by Gasteiger charge is 2.42. The van der Waals surface area contributed by atoms with Crippen LogP contribution in [0.1, 0.15) is 45.1 Å². The molecule has 0 radical (unpaired) electrons. The van der Waals surface area contributed by atoms with E-state index in [1.165, 1.54) is 5.56 Å². The van der Waals surface area contributed by atoms with E-state index < -0.39 is 0 Å². The zero-order chi connectivity index (χ0) is 13.8. The average Bonchev–Trinajstić information content (AvgIpc) is 2.39. The lowest BCUT2D eigenvalue weighted by molar-refractivity contribution is -0.0798. The standard InChI is InChI=1S/C16H23ClO2/c1-4-8-18-16-14(17)10-15(16)19-13-7-5-6-12(9-13)11(2)3/h5-7,9,11,14-16H,4,8,10H2,1-3H3. The number of benzene rings is 1. The molecule has 19 heavy (non-hydrogen) atoms. The van der Waals surface area contributed by atoms with Gasteiger partial charge in [0.15, 0.2) is 0 Å². The molecule has 2 nitrogen and oxygen atoms in total. The normalized spacial score (nSPS) is 26.3. The summed E-state index contributed by atoms with van der Waals surface area (Å²) in [6.45, 7) is 7.22. The van der Waals surface area contributed by atoms with Crippen molar-refractivity contribution in [2.45, 2.75) is 57.1 Å². The molecule has 0 N–H and O–H groups in total. The lowest BCUT2D eigenvalue weighted by Crippen LogP contribution is -2.52. The second kappa shape index (κ2) is 6.62. The number of alkyl halides is 1. The summed E-state index contributed by atoms with van der Waals surface area (Å²) in [5.41, 5.74) is 1.30. The van der Waals surface area contributed by atoms with Crippen LogP contribution < -0.4 is 4.74 Å². The topological polar surface area (TPSA) is 18.5 Å². The number of hydrogen-bond acceptors (Lipinski definition) is 2. The molecule has 3 unspecified atom stereocenters. The molecule has 3 heteroatoms. The summed E-state index contributed by atoms with van der Waals surface area (Å²) in [7, 11) is 0.